The topological polar surface area (TPSA) is 75.9 Å². The maximum atomic E-state index is 14.7. The van der Waals surface area contributed by atoms with Gasteiger partial charge in [0.25, 0.3) is 0 Å². The molecular formula is C28H24ClFN6O. The van der Waals surface area contributed by atoms with Crippen LogP contribution >= 0.6 is 11.6 Å². The highest BCUT2D eigenvalue weighted by Gasteiger charge is 2.19. The van der Waals surface area contributed by atoms with Crippen molar-refractivity contribution in [2.24, 2.45) is 9.98 Å². The van der Waals surface area contributed by atoms with Gasteiger partial charge < -0.3 is 4.74 Å². The molecule has 3 aromatic heterocycles. The first-order valence-corrected chi connectivity index (χ1v) is 12.6. The van der Waals surface area contributed by atoms with Crippen LogP contribution in [0.2, 0.25) is 5.02 Å². The van der Waals surface area contributed by atoms with Crippen LogP contribution in [0.15, 0.2) is 71.0 Å². The number of benzene rings is 1. The van der Waals surface area contributed by atoms with Gasteiger partial charge in [0.05, 0.1) is 24.6 Å². The summed E-state index contributed by atoms with van der Waals surface area (Å²) in [7, 11) is 0. The third kappa shape index (κ3) is 5.13. The van der Waals surface area contributed by atoms with Gasteiger partial charge in [0.2, 0.25) is 0 Å². The number of fused-ring (bicyclic) bond motifs is 1. The van der Waals surface area contributed by atoms with E-state index in [-0.39, 0.29) is 6.17 Å². The fourth-order valence-corrected chi connectivity index (χ4v) is 4.82. The molecule has 1 fully saturated rings. The Morgan fingerprint density at radius 1 is 1.03 bits per heavy atom. The number of halogens is 2. The fourth-order valence-electron chi connectivity index (χ4n) is 4.65. The van der Waals surface area contributed by atoms with Crippen LogP contribution in [-0.4, -0.2) is 70.8 Å². The normalized spacial score (nSPS) is 17.9. The molecular weight excluding hydrogens is 491 g/mol. The number of rotatable bonds is 6. The van der Waals surface area contributed by atoms with E-state index in [1.807, 2.05) is 30.5 Å². The van der Waals surface area contributed by atoms with Crippen molar-refractivity contribution in [3.63, 3.8) is 0 Å². The van der Waals surface area contributed by atoms with Gasteiger partial charge in [-0.15, -0.1) is 0 Å². The Bertz CT molecular complexity index is 1520. The standard InChI is InChI=1S/C28H24ClFN6O/c29-20-3-4-24(30)23(13-20)25-14-22(21-2-1-6-32-28(21)35-25)18-12-19(16-31-15-18)26-17-33-27(34-26)5-7-36-8-10-37-11-9-36/h1-4,6,12-17,27H,5,7-11H2. The quantitative estimate of drug-likeness (QED) is 0.359. The van der Waals surface area contributed by atoms with Gasteiger partial charge in [-0.1, -0.05) is 11.6 Å². The molecule has 4 aromatic rings. The molecule has 0 saturated carbocycles. The highest BCUT2D eigenvalue weighted by atomic mass is 35.5. The zero-order chi connectivity index (χ0) is 25.2. The van der Waals surface area contributed by atoms with Crippen molar-refractivity contribution in [2.45, 2.75) is 12.6 Å². The van der Waals surface area contributed by atoms with Crippen LogP contribution in [0, 0.1) is 5.82 Å². The Balaban J connectivity index is 1.33. The van der Waals surface area contributed by atoms with E-state index in [1.54, 1.807) is 24.7 Å². The summed E-state index contributed by atoms with van der Waals surface area (Å²) in [6.45, 7) is 4.42. The molecule has 1 atom stereocenters. The first kappa shape index (κ1) is 23.8. The summed E-state index contributed by atoms with van der Waals surface area (Å²) >= 11 is 6.16. The second-order valence-electron chi connectivity index (χ2n) is 9.03. The minimum Gasteiger partial charge on any atom is -0.379 e. The van der Waals surface area contributed by atoms with Gasteiger partial charge in [-0.25, -0.2) is 14.4 Å². The van der Waals surface area contributed by atoms with Crippen molar-refractivity contribution in [3.05, 3.63) is 77.5 Å². The first-order chi connectivity index (χ1) is 18.1. The van der Waals surface area contributed by atoms with Crippen molar-refractivity contribution in [3.8, 4) is 22.4 Å². The second-order valence-corrected chi connectivity index (χ2v) is 9.47. The summed E-state index contributed by atoms with van der Waals surface area (Å²) < 4.78 is 20.1. The number of hydrogen-bond donors (Lipinski definition) is 0. The first-order valence-electron chi connectivity index (χ1n) is 12.2. The monoisotopic (exact) mass is 514 g/mol. The lowest BCUT2D eigenvalue weighted by Gasteiger charge is -2.26. The molecule has 0 radical (unpaired) electrons. The van der Waals surface area contributed by atoms with Gasteiger partial charge in [-0.2, -0.15) is 0 Å². The lowest BCUT2D eigenvalue weighted by molar-refractivity contribution is 0.0368. The molecule has 1 saturated heterocycles. The van der Waals surface area contributed by atoms with E-state index in [4.69, 9.17) is 21.3 Å². The minimum atomic E-state index is -0.398. The molecule has 0 spiro atoms. The van der Waals surface area contributed by atoms with Gasteiger partial charge in [0, 0.05) is 78.0 Å². The predicted molar refractivity (Wildman–Crippen MR) is 144 cm³/mol. The van der Waals surface area contributed by atoms with E-state index < -0.39 is 5.82 Å². The van der Waals surface area contributed by atoms with E-state index in [0.29, 0.717) is 21.9 Å². The van der Waals surface area contributed by atoms with Crippen LogP contribution in [0.3, 0.4) is 0 Å². The summed E-state index contributed by atoms with van der Waals surface area (Å²) in [5, 5.41) is 1.28. The van der Waals surface area contributed by atoms with Gasteiger partial charge in [0.1, 0.15) is 12.0 Å². The van der Waals surface area contributed by atoms with Crippen molar-refractivity contribution >= 4 is 34.6 Å². The second kappa shape index (κ2) is 10.4. The number of aliphatic imine (C=N–C) groups is 2. The Morgan fingerprint density at radius 2 is 1.89 bits per heavy atom. The third-order valence-corrected chi connectivity index (χ3v) is 6.83. The predicted octanol–water partition coefficient (Wildman–Crippen LogP) is 5.07. The zero-order valence-electron chi connectivity index (χ0n) is 20.0. The third-order valence-electron chi connectivity index (χ3n) is 6.60. The van der Waals surface area contributed by atoms with Gasteiger partial charge in [-0.3, -0.25) is 19.9 Å². The molecule has 0 bridgehead atoms. The molecule has 0 N–H and O–H groups in total. The van der Waals surface area contributed by atoms with Crippen molar-refractivity contribution in [1.29, 1.82) is 0 Å². The van der Waals surface area contributed by atoms with Crippen LogP contribution in [0.4, 0.5) is 4.39 Å². The molecule has 0 amide bonds. The molecule has 7 nitrogen and oxygen atoms in total. The molecule has 9 heteroatoms. The molecule has 5 heterocycles. The number of aromatic nitrogens is 3. The van der Waals surface area contributed by atoms with E-state index >= 15 is 0 Å². The van der Waals surface area contributed by atoms with E-state index in [9.17, 15) is 4.39 Å². The van der Waals surface area contributed by atoms with Crippen molar-refractivity contribution < 1.29 is 9.13 Å². The molecule has 2 aliphatic heterocycles. The summed E-state index contributed by atoms with van der Waals surface area (Å²) in [5.41, 5.74) is 4.67. The van der Waals surface area contributed by atoms with Gasteiger partial charge in [-0.05, 0) is 48.0 Å². The fraction of sp³-hybridized carbons (Fsp3) is 0.250. The molecule has 2 aliphatic rings. The Kier molecular flexibility index (Phi) is 6.70. The van der Waals surface area contributed by atoms with Crippen LogP contribution < -0.4 is 0 Å². The summed E-state index contributed by atoms with van der Waals surface area (Å²) in [6.07, 6.45) is 7.84. The number of hydrogen-bond acceptors (Lipinski definition) is 7. The average Bonchev–Trinajstić information content (AvgIpc) is 3.42. The minimum absolute atomic E-state index is 0.0927. The lowest BCUT2D eigenvalue weighted by atomic mass is 9.99. The molecule has 6 rings (SSSR count). The Labute approximate surface area is 218 Å². The average molecular weight is 515 g/mol. The van der Waals surface area contributed by atoms with E-state index in [0.717, 1.165) is 67.1 Å². The lowest BCUT2D eigenvalue weighted by Crippen LogP contribution is -2.37. The van der Waals surface area contributed by atoms with E-state index in [2.05, 4.69) is 24.8 Å². The van der Waals surface area contributed by atoms with Crippen LogP contribution in [0.25, 0.3) is 33.4 Å². The van der Waals surface area contributed by atoms with Gasteiger partial charge >= 0.3 is 0 Å². The van der Waals surface area contributed by atoms with Crippen LogP contribution in [0.1, 0.15) is 12.0 Å². The molecule has 0 aliphatic carbocycles. The molecule has 37 heavy (non-hydrogen) atoms. The summed E-state index contributed by atoms with van der Waals surface area (Å²) in [5.74, 6) is -0.398. The SMILES string of the molecule is Fc1ccc(Cl)cc1-c1cc(-c2cncc(C3=NC(CCN4CCOCC4)N=C3)c2)c2cccnc2n1. The highest BCUT2D eigenvalue weighted by molar-refractivity contribution is 6.39. The molecule has 1 unspecified atom stereocenters. The van der Waals surface area contributed by atoms with Crippen molar-refractivity contribution in [2.75, 3.05) is 32.8 Å². The summed E-state index contributed by atoms with van der Waals surface area (Å²) in [4.78, 5) is 25.4. The number of morpholine rings is 1. The van der Waals surface area contributed by atoms with E-state index in [1.165, 1.54) is 12.1 Å². The zero-order valence-corrected chi connectivity index (χ0v) is 20.8. The van der Waals surface area contributed by atoms with Crippen LogP contribution in [-0.2, 0) is 4.74 Å². The maximum absolute atomic E-state index is 14.7. The number of nitrogens with zero attached hydrogens (tertiary/aromatic N) is 6. The molecule has 1 aromatic carbocycles. The Morgan fingerprint density at radius 3 is 2.78 bits per heavy atom. The van der Waals surface area contributed by atoms with Crippen molar-refractivity contribution in [1.82, 2.24) is 19.9 Å². The van der Waals surface area contributed by atoms with Gasteiger partial charge in [0.15, 0.2) is 5.65 Å². The van der Waals surface area contributed by atoms with Crippen LogP contribution in [0.5, 0.6) is 0 Å². The number of ether oxygens (including phenoxy) is 1. The maximum Gasteiger partial charge on any atom is 0.160 e. The highest BCUT2D eigenvalue weighted by Crippen LogP contribution is 2.33. The Hall–Kier alpha value is -3.59. The smallest absolute Gasteiger partial charge is 0.160 e. The molecule has 186 valence electrons. The largest absolute Gasteiger partial charge is 0.379 e. The summed E-state index contributed by atoms with van der Waals surface area (Å²) in [6, 6.07) is 12.1. The number of pyridine rings is 3.